The zero-order valence-corrected chi connectivity index (χ0v) is 11.4. The van der Waals surface area contributed by atoms with Gasteiger partial charge in [0.05, 0.1) is 12.7 Å². The van der Waals surface area contributed by atoms with Gasteiger partial charge in [0.1, 0.15) is 6.04 Å². The summed E-state index contributed by atoms with van der Waals surface area (Å²) in [7, 11) is 0. The van der Waals surface area contributed by atoms with Crippen LogP contribution in [0.4, 0.5) is 0 Å². The smallest absolute Gasteiger partial charge is 0.325 e. The molecule has 3 N–H and O–H groups in total. The molecule has 2 atom stereocenters. The minimum atomic E-state index is -0.958. The number of aliphatic hydroxyl groups excluding tert-OH is 1. The van der Waals surface area contributed by atoms with Gasteiger partial charge in [0.15, 0.2) is 0 Å². The Hall–Kier alpha value is -1.39. The van der Waals surface area contributed by atoms with Gasteiger partial charge in [-0.2, -0.15) is 0 Å². The first kappa shape index (κ1) is 15.7. The van der Waals surface area contributed by atoms with Gasteiger partial charge in [0.25, 0.3) is 0 Å². The van der Waals surface area contributed by atoms with E-state index >= 15 is 0 Å². The third kappa shape index (κ3) is 5.85. The molecule has 0 heterocycles. The standard InChI is InChI=1S/C15H23NO3/c1-2-3-11-19-15(18)14(16)13(17)10-9-12-7-5-4-6-8-12/h4-8,13-14,17H,2-3,9-11,16H2,1H3. The molecular weight excluding hydrogens is 242 g/mol. The second kappa shape index (κ2) is 8.67. The van der Waals surface area contributed by atoms with Gasteiger partial charge < -0.3 is 15.6 Å². The lowest BCUT2D eigenvalue weighted by molar-refractivity contribution is -0.148. The van der Waals surface area contributed by atoms with Gasteiger partial charge >= 0.3 is 5.97 Å². The zero-order valence-electron chi connectivity index (χ0n) is 11.4. The molecule has 0 aliphatic rings. The summed E-state index contributed by atoms with van der Waals surface area (Å²) in [4.78, 5) is 11.6. The van der Waals surface area contributed by atoms with E-state index in [1.165, 1.54) is 0 Å². The van der Waals surface area contributed by atoms with Gasteiger partial charge in [-0.05, 0) is 24.8 Å². The molecule has 19 heavy (non-hydrogen) atoms. The lowest BCUT2D eigenvalue weighted by atomic mass is 10.0. The number of hydrogen-bond acceptors (Lipinski definition) is 4. The maximum Gasteiger partial charge on any atom is 0.325 e. The van der Waals surface area contributed by atoms with E-state index in [2.05, 4.69) is 0 Å². The number of rotatable bonds is 8. The van der Waals surface area contributed by atoms with Crippen LogP contribution in [0.3, 0.4) is 0 Å². The Labute approximate surface area is 114 Å². The minimum absolute atomic E-state index is 0.369. The molecule has 106 valence electrons. The van der Waals surface area contributed by atoms with Crippen LogP contribution in [-0.2, 0) is 16.0 Å². The molecule has 4 nitrogen and oxygen atoms in total. The Morgan fingerprint density at radius 3 is 2.68 bits per heavy atom. The van der Waals surface area contributed by atoms with Crippen LogP contribution < -0.4 is 5.73 Å². The average molecular weight is 265 g/mol. The topological polar surface area (TPSA) is 72.5 Å². The minimum Gasteiger partial charge on any atom is -0.464 e. The van der Waals surface area contributed by atoms with Crippen molar-refractivity contribution < 1.29 is 14.6 Å². The molecule has 1 rings (SSSR count). The monoisotopic (exact) mass is 265 g/mol. The summed E-state index contributed by atoms with van der Waals surface area (Å²) >= 11 is 0. The molecule has 0 aliphatic heterocycles. The van der Waals surface area contributed by atoms with Crippen molar-refractivity contribution in [1.82, 2.24) is 0 Å². The average Bonchev–Trinajstić information content (AvgIpc) is 2.45. The summed E-state index contributed by atoms with van der Waals surface area (Å²) in [5, 5.41) is 9.88. The van der Waals surface area contributed by atoms with Crippen LogP contribution in [0.5, 0.6) is 0 Å². The Kier molecular flexibility index (Phi) is 7.15. The van der Waals surface area contributed by atoms with E-state index in [9.17, 15) is 9.90 Å². The van der Waals surface area contributed by atoms with Gasteiger partial charge in [-0.15, -0.1) is 0 Å². The Bertz CT molecular complexity index is 367. The second-order valence-electron chi connectivity index (χ2n) is 4.64. The van der Waals surface area contributed by atoms with Crippen molar-refractivity contribution in [3.05, 3.63) is 35.9 Å². The molecule has 0 radical (unpaired) electrons. The van der Waals surface area contributed by atoms with Crippen molar-refractivity contribution in [2.24, 2.45) is 5.73 Å². The van der Waals surface area contributed by atoms with E-state index in [1.807, 2.05) is 37.3 Å². The van der Waals surface area contributed by atoms with E-state index in [0.29, 0.717) is 19.4 Å². The fourth-order valence-corrected chi connectivity index (χ4v) is 1.71. The Balaban J connectivity index is 2.31. The first-order valence-corrected chi connectivity index (χ1v) is 6.79. The van der Waals surface area contributed by atoms with Gasteiger partial charge in [0.2, 0.25) is 0 Å². The molecule has 4 heteroatoms. The van der Waals surface area contributed by atoms with Crippen LogP contribution in [0.25, 0.3) is 0 Å². The summed E-state index contributed by atoms with van der Waals surface area (Å²) in [6.07, 6.45) is 2.05. The highest BCUT2D eigenvalue weighted by Gasteiger charge is 2.23. The largest absolute Gasteiger partial charge is 0.464 e. The molecule has 0 aromatic heterocycles. The molecule has 2 unspecified atom stereocenters. The lowest BCUT2D eigenvalue weighted by Gasteiger charge is -2.17. The van der Waals surface area contributed by atoms with Gasteiger partial charge in [-0.1, -0.05) is 43.7 Å². The molecule has 1 aromatic carbocycles. The maximum atomic E-state index is 11.6. The molecule has 0 amide bonds. The van der Waals surface area contributed by atoms with Crippen LogP contribution in [0.2, 0.25) is 0 Å². The predicted molar refractivity (Wildman–Crippen MR) is 74.6 cm³/mol. The molecule has 0 saturated heterocycles. The molecule has 0 spiro atoms. The molecular formula is C15H23NO3. The highest BCUT2D eigenvalue weighted by Crippen LogP contribution is 2.07. The SMILES string of the molecule is CCCCOC(=O)C(N)C(O)CCc1ccccc1. The van der Waals surface area contributed by atoms with E-state index in [0.717, 1.165) is 18.4 Å². The highest BCUT2D eigenvalue weighted by molar-refractivity contribution is 5.76. The van der Waals surface area contributed by atoms with Crippen LogP contribution >= 0.6 is 0 Å². The number of nitrogens with two attached hydrogens (primary N) is 1. The van der Waals surface area contributed by atoms with Crippen LogP contribution in [0, 0.1) is 0 Å². The van der Waals surface area contributed by atoms with Gasteiger partial charge in [0, 0.05) is 0 Å². The predicted octanol–water partition coefficient (Wildman–Crippen LogP) is 1.65. The number of carbonyl (C=O) groups is 1. The number of carbonyl (C=O) groups excluding carboxylic acids is 1. The number of ether oxygens (including phenoxy) is 1. The van der Waals surface area contributed by atoms with Gasteiger partial charge in [-0.3, -0.25) is 4.79 Å². The Morgan fingerprint density at radius 1 is 1.37 bits per heavy atom. The first-order valence-electron chi connectivity index (χ1n) is 6.79. The fourth-order valence-electron chi connectivity index (χ4n) is 1.71. The van der Waals surface area contributed by atoms with Crippen molar-refractivity contribution in [3.63, 3.8) is 0 Å². The first-order chi connectivity index (χ1) is 9.15. The van der Waals surface area contributed by atoms with Crippen LogP contribution in [-0.4, -0.2) is 29.8 Å². The van der Waals surface area contributed by atoms with Crippen molar-refractivity contribution >= 4 is 5.97 Å². The molecule has 1 aromatic rings. The van der Waals surface area contributed by atoms with Crippen molar-refractivity contribution in [3.8, 4) is 0 Å². The quantitative estimate of drug-likeness (QED) is 0.554. The normalized spacial score (nSPS) is 13.8. The molecule has 0 bridgehead atoms. The zero-order chi connectivity index (χ0) is 14.1. The molecule has 0 aliphatic carbocycles. The lowest BCUT2D eigenvalue weighted by Crippen LogP contribution is -2.43. The van der Waals surface area contributed by atoms with Crippen LogP contribution in [0.1, 0.15) is 31.7 Å². The second-order valence-corrected chi connectivity index (χ2v) is 4.64. The third-order valence-corrected chi connectivity index (χ3v) is 3.00. The fraction of sp³-hybridized carbons (Fsp3) is 0.533. The molecule has 0 saturated carbocycles. The number of benzene rings is 1. The van der Waals surface area contributed by atoms with E-state index in [4.69, 9.17) is 10.5 Å². The van der Waals surface area contributed by atoms with E-state index < -0.39 is 18.1 Å². The summed E-state index contributed by atoms with van der Waals surface area (Å²) in [5.74, 6) is -0.519. The number of aliphatic hydroxyl groups is 1. The van der Waals surface area contributed by atoms with E-state index in [1.54, 1.807) is 0 Å². The summed E-state index contributed by atoms with van der Waals surface area (Å²) in [6, 6.07) is 8.84. The number of aryl methyl sites for hydroxylation is 1. The van der Waals surface area contributed by atoms with Gasteiger partial charge in [-0.25, -0.2) is 0 Å². The molecule has 0 fully saturated rings. The Morgan fingerprint density at radius 2 is 2.05 bits per heavy atom. The van der Waals surface area contributed by atoms with Crippen LogP contribution in [0.15, 0.2) is 30.3 Å². The highest BCUT2D eigenvalue weighted by atomic mass is 16.5. The number of hydrogen-bond donors (Lipinski definition) is 2. The number of unbranched alkanes of at least 4 members (excludes halogenated alkanes) is 1. The van der Waals surface area contributed by atoms with E-state index in [-0.39, 0.29) is 0 Å². The maximum absolute atomic E-state index is 11.6. The summed E-state index contributed by atoms with van der Waals surface area (Å²) < 4.78 is 4.99. The summed E-state index contributed by atoms with van der Waals surface area (Å²) in [5.41, 5.74) is 6.80. The number of esters is 1. The van der Waals surface area contributed by atoms with Crippen molar-refractivity contribution in [1.29, 1.82) is 0 Å². The summed E-state index contributed by atoms with van der Waals surface area (Å²) in [6.45, 7) is 2.39. The van der Waals surface area contributed by atoms with Crippen molar-refractivity contribution in [2.75, 3.05) is 6.61 Å². The van der Waals surface area contributed by atoms with Crippen molar-refractivity contribution in [2.45, 2.75) is 44.8 Å². The third-order valence-electron chi connectivity index (χ3n) is 3.00.